The molecule has 0 amide bonds. The molecule has 11 rings (SSSR count). The van der Waals surface area contributed by atoms with Crippen molar-refractivity contribution in [2.45, 2.75) is 19.4 Å². The van der Waals surface area contributed by atoms with Gasteiger partial charge in [-0.2, -0.15) is 0 Å². The van der Waals surface area contributed by atoms with E-state index in [9.17, 15) is 0 Å². The molecule has 2 aliphatic rings. The lowest BCUT2D eigenvalue weighted by Crippen LogP contribution is -2.05. The third kappa shape index (κ3) is 3.80. The number of hydrogen-bond donors (Lipinski definition) is 0. The fourth-order valence-electron chi connectivity index (χ4n) is 8.85. The van der Waals surface area contributed by atoms with Crippen LogP contribution in [-0.2, 0) is 0 Å². The molecule has 0 radical (unpaired) electrons. The van der Waals surface area contributed by atoms with Crippen molar-refractivity contribution in [1.82, 2.24) is 13.7 Å². The average Bonchev–Trinajstić information content (AvgIpc) is 3.89. The highest BCUT2D eigenvalue weighted by molar-refractivity contribution is 6.15. The lowest BCUT2D eigenvalue weighted by Gasteiger charge is -2.18. The largest absolute Gasteiger partial charge is 0.332 e. The van der Waals surface area contributed by atoms with E-state index in [4.69, 9.17) is 0 Å². The van der Waals surface area contributed by atoms with Gasteiger partial charge in [-0.1, -0.05) is 97.1 Å². The Labute approximate surface area is 289 Å². The van der Waals surface area contributed by atoms with Crippen LogP contribution in [0.1, 0.15) is 34.8 Å². The summed E-state index contributed by atoms with van der Waals surface area (Å²) in [5, 5.41) is 6.42. The molecule has 9 aromatic rings. The molecular formula is C47H33N3. The predicted octanol–water partition coefficient (Wildman–Crippen LogP) is 12.2. The molecule has 3 heteroatoms. The Morgan fingerprint density at radius 3 is 2.28 bits per heavy atom. The summed E-state index contributed by atoms with van der Waals surface area (Å²) in [5.74, 6) is 0. The highest BCUT2D eigenvalue weighted by Crippen LogP contribution is 2.49. The van der Waals surface area contributed by atoms with Crippen LogP contribution in [0, 0.1) is 6.92 Å². The molecule has 0 spiro atoms. The van der Waals surface area contributed by atoms with Gasteiger partial charge in [0.1, 0.15) is 0 Å². The highest BCUT2D eigenvalue weighted by Gasteiger charge is 2.31. The second-order valence-corrected chi connectivity index (χ2v) is 13.8. The first-order chi connectivity index (χ1) is 24.7. The summed E-state index contributed by atoms with van der Waals surface area (Å²) in [7, 11) is 0. The fourth-order valence-corrected chi connectivity index (χ4v) is 8.85. The third-order valence-corrected chi connectivity index (χ3v) is 11.1. The van der Waals surface area contributed by atoms with Gasteiger partial charge < -0.3 is 13.7 Å². The monoisotopic (exact) mass is 639 g/mol. The van der Waals surface area contributed by atoms with Crippen LogP contribution in [0.2, 0.25) is 0 Å². The molecule has 1 aliphatic heterocycles. The van der Waals surface area contributed by atoms with E-state index < -0.39 is 0 Å². The van der Waals surface area contributed by atoms with Crippen molar-refractivity contribution >= 4 is 72.2 Å². The average molecular weight is 640 g/mol. The zero-order valence-corrected chi connectivity index (χ0v) is 27.7. The number of nitrogens with zero attached hydrogens (tertiary/aromatic N) is 3. The van der Waals surface area contributed by atoms with E-state index in [1.165, 1.54) is 82.5 Å². The predicted molar refractivity (Wildman–Crippen MR) is 211 cm³/mol. The number of benzene rings is 6. The van der Waals surface area contributed by atoms with Crippen molar-refractivity contribution in [2.24, 2.45) is 0 Å². The van der Waals surface area contributed by atoms with Crippen LogP contribution in [0.15, 0.2) is 152 Å². The molecule has 4 heterocycles. The SMILES string of the molecule is Cc1cc2c(cc1/C=C\c1cc3ccccc3n1-c1ccc3c(c1)c1ccccc1n3-c1ccccc1)c1cccc3c1n2C1CC=CC=C31. The normalized spacial score (nSPS) is 15.4. The topological polar surface area (TPSA) is 14.8 Å². The first-order valence-corrected chi connectivity index (χ1v) is 17.5. The Kier molecular flexibility index (Phi) is 5.71. The van der Waals surface area contributed by atoms with Crippen LogP contribution in [0.25, 0.3) is 83.6 Å². The van der Waals surface area contributed by atoms with Crippen LogP contribution >= 0.6 is 0 Å². The molecular weight excluding hydrogens is 607 g/mol. The van der Waals surface area contributed by atoms with Gasteiger partial charge in [-0.05, 0) is 96.8 Å². The lowest BCUT2D eigenvalue weighted by molar-refractivity contribution is 0.684. The summed E-state index contributed by atoms with van der Waals surface area (Å²) in [6.45, 7) is 2.25. The van der Waals surface area contributed by atoms with E-state index in [0.717, 1.165) is 17.8 Å². The number of allylic oxidation sites excluding steroid dienone is 4. The van der Waals surface area contributed by atoms with Gasteiger partial charge in [-0.3, -0.25) is 0 Å². The summed E-state index contributed by atoms with van der Waals surface area (Å²) >= 11 is 0. The minimum Gasteiger partial charge on any atom is -0.332 e. The van der Waals surface area contributed by atoms with Gasteiger partial charge in [0.2, 0.25) is 0 Å². The molecule has 3 nitrogen and oxygen atoms in total. The van der Waals surface area contributed by atoms with Gasteiger partial charge in [0.25, 0.3) is 0 Å². The Hall–Kier alpha value is -6.32. The van der Waals surface area contributed by atoms with Crippen LogP contribution in [-0.4, -0.2) is 13.7 Å². The molecule has 0 N–H and O–H groups in total. The number of fused-ring (bicyclic) bond motifs is 10. The van der Waals surface area contributed by atoms with E-state index in [1.807, 2.05) is 0 Å². The maximum atomic E-state index is 2.60. The summed E-state index contributed by atoms with van der Waals surface area (Å²) < 4.78 is 7.39. The number of rotatable bonds is 4. The molecule has 236 valence electrons. The highest BCUT2D eigenvalue weighted by atomic mass is 15.0. The van der Waals surface area contributed by atoms with Gasteiger partial charge in [0, 0.05) is 49.6 Å². The zero-order valence-electron chi connectivity index (χ0n) is 27.7. The standard InChI is InChI=1S/C47H33N3/c1-30-26-46-40(39-18-11-17-38-36-15-6-10-21-44(36)50(46)47(38)39)28-31(30)22-23-34-27-32-12-5-8-19-42(32)48(34)35-24-25-45-41(29-35)37-16-7-9-20-43(37)49(45)33-13-3-2-4-14-33/h2-20,22-29,44H,21H2,1H3/b23-22-. The Bertz CT molecular complexity index is 2960. The zero-order chi connectivity index (χ0) is 32.9. The maximum Gasteiger partial charge on any atom is 0.0633 e. The molecule has 0 fully saturated rings. The van der Waals surface area contributed by atoms with E-state index in [-0.39, 0.29) is 0 Å². The molecule has 0 bridgehead atoms. The van der Waals surface area contributed by atoms with E-state index in [2.05, 4.69) is 184 Å². The van der Waals surface area contributed by atoms with Gasteiger partial charge in [-0.25, -0.2) is 0 Å². The lowest BCUT2D eigenvalue weighted by atomic mass is 9.93. The van der Waals surface area contributed by atoms with Crippen LogP contribution in [0.4, 0.5) is 0 Å². The quantitative estimate of drug-likeness (QED) is 0.182. The molecule has 1 aliphatic carbocycles. The van der Waals surface area contributed by atoms with Crippen LogP contribution in [0.5, 0.6) is 0 Å². The number of hydrogen-bond acceptors (Lipinski definition) is 0. The van der Waals surface area contributed by atoms with Crippen molar-refractivity contribution in [3.05, 3.63) is 174 Å². The van der Waals surface area contributed by atoms with Gasteiger partial charge in [-0.15, -0.1) is 0 Å². The van der Waals surface area contributed by atoms with Gasteiger partial charge >= 0.3 is 0 Å². The van der Waals surface area contributed by atoms with Crippen molar-refractivity contribution < 1.29 is 0 Å². The molecule has 0 saturated heterocycles. The maximum absolute atomic E-state index is 2.60. The first-order valence-electron chi connectivity index (χ1n) is 17.5. The van der Waals surface area contributed by atoms with Crippen molar-refractivity contribution in [1.29, 1.82) is 0 Å². The smallest absolute Gasteiger partial charge is 0.0633 e. The summed E-state index contributed by atoms with van der Waals surface area (Å²) in [4.78, 5) is 0. The summed E-state index contributed by atoms with van der Waals surface area (Å²) in [6, 6.07) is 49.4. The molecule has 1 unspecified atom stereocenters. The second kappa shape index (κ2) is 10.3. The van der Waals surface area contributed by atoms with E-state index >= 15 is 0 Å². The van der Waals surface area contributed by atoms with Crippen molar-refractivity contribution in [3.63, 3.8) is 0 Å². The van der Waals surface area contributed by atoms with E-state index in [0.29, 0.717) is 6.04 Å². The van der Waals surface area contributed by atoms with Crippen molar-refractivity contribution in [3.8, 4) is 11.4 Å². The second-order valence-electron chi connectivity index (χ2n) is 13.8. The fraction of sp³-hybridized carbons (Fsp3) is 0.0638. The molecule has 50 heavy (non-hydrogen) atoms. The minimum absolute atomic E-state index is 0.382. The van der Waals surface area contributed by atoms with Crippen LogP contribution in [0.3, 0.4) is 0 Å². The van der Waals surface area contributed by atoms with Gasteiger partial charge in [0.15, 0.2) is 0 Å². The minimum atomic E-state index is 0.382. The summed E-state index contributed by atoms with van der Waals surface area (Å²) in [6.07, 6.45) is 12.5. The number of aromatic nitrogens is 3. The Morgan fingerprint density at radius 1 is 0.580 bits per heavy atom. The molecule has 1 atom stereocenters. The molecule has 3 aromatic heterocycles. The Morgan fingerprint density at radius 2 is 1.36 bits per heavy atom. The van der Waals surface area contributed by atoms with Crippen molar-refractivity contribution in [2.75, 3.05) is 0 Å². The van der Waals surface area contributed by atoms with E-state index in [1.54, 1.807) is 0 Å². The summed E-state index contributed by atoms with van der Waals surface area (Å²) in [5.41, 5.74) is 15.2. The first kappa shape index (κ1) is 27.6. The third-order valence-electron chi connectivity index (χ3n) is 11.1. The van der Waals surface area contributed by atoms with Crippen LogP contribution < -0.4 is 0 Å². The molecule has 6 aromatic carbocycles. The molecule has 0 saturated carbocycles. The number of aryl methyl sites for hydroxylation is 1. The Balaban J connectivity index is 1.07. The number of para-hydroxylation sites is 4. The van der Waals surface area contributed by atoms with Gasteiger partial charge in [0.05, 0.1) is 33.6 Å².